The van der Waals surface area contributed by atoms with Crippen LogP contribution < -0.4 is 11.1 Å². The summed E-state index contributed by atoms with van der Waals surface area (Å²) in [5.74, 6) is -0.246. The number of carbonyl (C=O) groups is 1. The molecule has 7 nitrogen and oxygen atoms in total. The topological polar surface area (TPSA) is 113 Å². The van der Waals surface area contributed by atoms with Gasteiger partial charge in [-0.05, 0) is 24.6 Å². The molecule has 2 aromatic rings. The maximum absolute atomic E-state index is 12.0. The molecule has 1 heterocycles. The Hall–Kier alpha value is -2.12. The first-order chi connectivity index (χ1) is 9.72. The van der Waals surface area contributed by atoms with Crippen LogP contribution >= 0.6 is 0 Å². The van der Waals surface area contributed by atoms with Gasteiger partial charge in [0.15, 0.2) is 5.69 Å². The van der Waals surface area contributed by atoms with Crippen LogP contribution in [0.25, 0.3) is 10.9 Å². The first-order valence-corrected chi connectivity index (χ1v) is 6.43. The number of hydrogen-bond acceptors (Lipinski definition) is 5. The third kappa shape index (κ3) is 3.46. The number of carbonyl (C=O) groups excluding carboxylic acids is 1. The van der Waals surface area contributed by atoms with Crippen LogP contribution in [0.4, 0.5) is 5.69 Å². The van der Waals surface area contributed by atoms with Gasteiger partial charge in [0.2, 0.25) is 0 Å². The highest BCUT2D eigenvalue weighted by molar-refractivity contribution is 6.05. The van der Waals surface area contributed by atoms with E-state index in [4.69, 9.17) is 15.6 Å². The summed E-state index contributed by atoms with van der Waals surface area (Å²) in [6, 6.07) is 5.26. The van der Waals surface area contributed by atoms with Gasteiger partial charge >= 0.3 is 0 Å². The van der Waals surface area contributed by atoms with Crippen LogP contribution in [0.15, 0.2) is 18.2 Å². The molecular weight excluding hydrogens is 260 g/mol. The van der Waals surface area contributed by atoms with E-state index >= 15 is 0 Å². The third-order valence-electron chi connectivity index (χ3n) is 2.79. The number of nitrogens with two attached hydrogens (primary N) is 1. The fourth-order valence-corrected chi connectivity index (χ4v) is 1.83. The Labute approximate surface area is 116 Å². The number of fused-ring (bicyclic) bond motifs is 1. The second-order valence-electron chi connectivity index (χ2n) is 4.32. The molecular formula is C13H18N4O3. The van der Waals surface area contributed by atoms with Gasteiger partial charge < -0.3 is 20.9 Å². The van der Waals surface area contributed by atoms with E-state index in [1.165, 1.54) is 0 Å². The van der Waals surface area contributed by atoms with E-state index in [1.54, 1.807) is 18.2 Å². The molecule has 0 aliphatic carbocycles. The number of aliphatic hydroxyl groups is 1. The Morgan fingerprint density at radius 1 is 1.45 bits per heavy atom. The molecule has 20 heavy (non-hydrogen) atoms. The van der Waals surface area contributed by atoms with E-state index < -0.39 is 0 Å². The Bertz CT molecular complexity index is 582. The van der Waals surface area contributed by atoms with Crippen molar-refractivity contribution in [1.82, 2.24) is 15.5 Å². The summed E-state index contributed by atoms with van der Waals surface area (Å²) in [4.78, 5) is 12.0. The Kier molecular flexibility index (Phi) is 4.91. The number of rotatable bonds is 7. The number of aromatic amines is 1. The molecule has 0 atom stereocenters. The summed E-state index contributed by atoms with van der Waals surface area (Å²) in [7, 11) is 0. The summed E-state index contributed by atoms with van der Waals surface area (Å²) < 4.78 is 5.10. The number of hydrogen-bond donors (Lipinski definition) is 4. The van der Waals surface area contributed by atoms with Gasteiger partial charge in [-0.3, -0.25) is 9.89 Å². The van der Waals surface area contributed by atoms with Crippen molar-refractivity contribution in [2.24, 2.45) is 0 Å². The van der Waals surface area contributed by atoms with E-state index in [0.717, 1.165) is 5.52 Å². The smallest absolute Gasteiger partial charge is 0.272 e. The molecule has 7 heteroatoms. The molecule has 1 aromatic heterocycles. The number of amides is 1. The number of aliphatic hydroxyl groups excluding tert-OH is 1. The molecule has 0 bridgehead atoms. The van der Waals surface area contributed by atoms with Gasteiger partial charge in [-0.1, -0.05) is 0 Å². The second-order valence-corrected chi connectivity index (χ2v) is 4.32. The van der Waals surface area contributed by atoms with Gasteiger partial charge in [-0.15, -0.1) is 0 Å². The lowest BCUT2D eigenvalue weighted by molar-refractivity contribution is 0.0866. The molecule has 5 N–H and O–H groups in total. The van der Waals surface area contributed by atoms with Crippen molar-refractivity contribution in [2.45, 2.75) is 6.42 Å². The van der Waals surface area contributed by atoms with Gasteiger partial charge in [0.1, 0.15) is 0 Å². The minimum atomic E-state index is -0.246. The number of anilines is 1. The van der Waals surface area contributed by atoms with Crippen LogP contribution in [-0.4, -0.2) is 47.6 Å². The van der Waals surface area contributed by atoms with Crippen LogP contribution in [-0.2, 0) is 4.74 Å². The number of aromatic nitrogens is 2. The van der Waals surface area contributed by atoms with Crippen LogP contribution in [0, 0.1) is 0 Å². The van der Waals surface area contributed by atoms with E-state index in [-0.39, 0.29) is 12.5 Å². The molecule has 0 saturated carbocycles. The molecule has 0 unspecified atom stereocenters. The Morgan fingerprint density at radius 3 is 3.10 bits per heavy atom. The molecule has 2 rings (SSSR count). The number of nitrogens with zero attached hydrogens (tertiary/aromatic N) is 1. The number of ether oxygens (including phenoxy) is 1. The fraction of sp³-hybridized carbons (Fsp3) is 0.385. The summed E-state index contributed by atoms with van der Waals surface area (Å²) in [6.45, 7) is 1.31. The number of H-pyrrole nitrogens is 1. The van der Waals surface area contributed by atoms with Crippen molar-refractivity contribution >= 4 is 22.5 Å². The average Bonchev–Trinajstić information content (AvgIpc) is 2.85. The van der Waals surface area contributed by atoms with Crippen LogP contribution in [0.5, 0.6) is 0 Å². The number of nitrogen functional groups attached to an aromatic ring is 1. The van der Waals surface area contributed by atoms with Crippen molar-refractivity contribution in [2.75, 3.05) is 32.1 Å². The minimum Gasteiger partial charge on any atom is -0.399 e. The lowest BCUT2D eigenvalue weighted by Crippen LogP contribution is -2.25. The lowest BCUT2D eigenvalue weighted by atomic mass is 10.2. The van der Waals surface area contributed by atoms with E-state index in [9.17, 15) is 4.79 Å². The van der Waals surface area contributed by atoms with E-state index in [0.29, 0.717) is 42.9 Å². The SMILES string of the molecule is Nc1ccc2[nH]nc(C(=O)NCCCOCCO)c2c1. The zero-order valence-electron chi connectivity index (χ0n) is 11.1. The van der Waals surface area contributed by atoms with Gasteiger partial charge in [0.25, 0.3) is 5.91 Å². The summed E-state index contributed by atoms with van der Waals surface area (Å²) >= 11 is 0. The van der Waals surface area contributed by atoms with Crippen LogP contribution in [0.3, 0.4) is 0 Å². The van der Waals surface area contributed by atoms with Gasteiger partial charge in [-0.2, -0.15) is 5.10 Å². The van der Waals surface area contributed by atoms with Crippen molar-refractivity contribution in [3.8, 4) is 0 Å². The standard InChI is InChI=1S/C13H18N4O3/c14-9-2-3-11-10(8-9)12(17-16-11)13(19)15-4-1-6-20-7-5-18/h2-3,8,18H,1,4-7,14H2,(H,15,19)(H,16,17). The first kappa shape index (κ1) is 14.3. The molecule has 0 aliphatic rings. The van der Waals surface area contributed by atoms with Gasteiger partial charge in [0.05, 0.1) is 18.7 Å². The van der Waals surface area contributed by atoms with Gasteiger partial charge in [-0.25, -0.2) is 0 Å². The van der Waals surface area contributed by atoms with Crippen molar-refractivity contribution < 1.29 is 14.6 Å². The molecule has 0 spiro atoms. The predicted molar refractivity (Wildman–Crippen MR) is 75.4 cm³/mol. The number of benzene rings is 1. The summed E-state index contributed by atoms with van der Waals surface area (Å²) in [6.07, 6.45) is 0.677. The molecule has 0 fully saturated rings. The predicted octanol–water partition coefficient (Wildman–Crippen LogP) is 0.274. The normalized spacial score (nSPS) is 10.8. The summed E-state index contributed by atoms with van der Waals surface area (Å²) in [5.41, 5.74) is 7.41. The zero-order valence-corrected chi connectivity index (χ0v) is 11.1. The monoisotopic (exact) mass is 278 g/mol. The number of nitrogens with one attached hydrogen (secondary N) is 2. The van der Waals surface area contributed by atoms with Crippen LogP contribution in [0.2, 0.25) is 0 Å². The Balaban J connectivity index is 1.89. The highest BCUT2D eigenvalue weighted by Gasteiger charge is 2.13. The fourth-order valence-electron chi connectivity index (χ4n) is 1.83. The summed E-state index contributed by atoms with van der Waals surface area (Å²) in [5, 5.41) is 18.8. The van der Waals surface area contributed by atoms with Crippen molar-refractivity contribution in [1.29, 1.82) is 0 Å². The molecule has 0 radical (unpaired) electrons. The van der Waals surface area contributed by atoms with Crippen LogP contribution in [0.1, 0.15) is 16.9 Å². The molecule has 108 valence electrons. The third-order valence-corrected chi connectivity index (χ3v) is 2.79. The van der Waals surface area contributed by atoms with E-state index in [1.807, 2.05) is 0 Å². The first-order valence-electron chi connectivity index (χ1n) is 6.43. The van der Waals surface area contributed by atoms with Crippen molar-refractivity contribution in [3.63, 3.8) is 0 Å². The molecule has 1 amide bonds. The Morgan fingerprint density at radius 2 is 2.30 bits per heavy atom. The quantitative estimate of drug-likeness (QED) is 0.429. The molecule has 0 saturated heterocycles. The minimum absolute atomic E-state index is 0.00698. The lowest BCUT2D eigenvalue weighted by Gasteiger charge is -2.04. The zero-order chi connectivity index (χ0) is 14.4. The highest BCUT2D eigenvalue weighted by atomic mass is 16.5. The van der Waals surface area contributed by atoms with E-state index in [2.05, 4.69) is 15.5 Å². The highest BCUT2D eigenvalue weighted by Crippen LogP contribution is 2.18. The molecule has 0 aliphatic heterocycles. The maximum Gasteiger partial charge on any atom is 0.272 e. The molecule has 1 aromatic carbocycles. The second kappa shape index (κ2) is 6.88. The van der Waals surface area contributed by atoms with Gasteiger partial charge in [0, 0.05) is 24.2 Å². The maximum atomic E-state index is 12.0. The van der Waals surface area contributed by atoms with Crippen molar-refractivity contribution in [3.05, 3.63) is 23.9 Å². The average molecular weight is 278 g/mol. The largest absolute Gasteiger partial charge is 0.399 e.